The molecule has 0 aliphatic heterocycles. The van der Waals surface area contributed by atoms with E-state index in [-0.39, 0.29) is 12.8 Å². The second-order valence-electron chi connectivity index (χ2n) is 11.8. The molecule has 0 bridgehead atoms. The second kappa shape index (κ2) is 16.8. The van der Waals surface area contributed by atoms with Crippen molar-refractivity contribution in [2.75, 3.05) is 38.1 Å². The molecule has 0 fully saturated rings. The maximum absolute atomic E-state index is 13.9. The van der Waals surface area contributed by atoms with Crippen LogP contribution in [-0.4, -0.2) is 66.7 Å². The number of benzene rings is 4. The lowest BCUT2D eigenvalue weighted by Gasteiger charge is -2.27. The number of amides is 4. The maximum Gasteiger partial charge on any atom is 0.330 e. The van der Waals surface area contributed by atoms with Crippen molar-refractivity contribution in [1.29, 1.82) is 0 Å². The Hall–Kier alpha value is -5.40. The van der Waals surface area contributed by atoms with Crippen LogP contribution in [0.5, 0.6) is 11.5 Å². The number of hydrogen-bond donors (Lipinski definition) is 3. The third kappa shape index (κ3) is 9.83. The first-order valence-electron chi connectivity index (χ1n) is 15.8. The average molecular weight is 702 g/mol. The zero-order valence-corrected chi connectivity index (χ0v) is 29.8. The first kappa shape index (κ1) is 37.4. The minimum Gasteiger partial charge on any atom is -0.497 e. The Morgan fingerprint density at radius 2 is 1.24 bits per heavy atom. The highest BCUT2D eigenvalue weighted by Crippen LogP contribution is 2.29. The Balaban J connectivity index is 1.55. The van der Waals surface area contributed by atoms with Gasteiger partial charge in [0, 0.05) is 31.9 Å². The summed E-state index contributed by atoms with van der Waals surface area (Å²) in [5.41, 5.74) is 4.10. The Morgan fingerprint density at radius 1 is 0.700 bits per heavy atom. The van der Waals surface area contributed by atoms with E-state index in [0.29, 0.717) is 28.4 Å². The van der Waals surface area contributed by atoms with Crippen molar-refractivity contribution < 1.29 is 32.3 Å². The highest BCUT2D eigenvalue weighted by molar-refractivity contribution is 7.88. The predicted octanol–water partition coefficient (Wildman–Crippen LogP) is 4.30. The van der Waals surface area contributed by atoms with Gasteiger partial charge < -0.3 is 24.6 Å². The third-order valence-corrected chi connectivity index (χ3v) is 9.24. The standard InChI is InChI=1S/C37H43N5O7S/c1-25-22-34(49-6)26(2)21-33(25)42(4)36(44)32(24-28-15-11-8-12-16-28)39-50(46,47)40-37(45)38-31(23-27-13-9-7-10-14-27)35(43)41(3)29-17-19-30(48-5)20-18-29/h7-22,31-32,39H,23-24H2,1-6H3,(H2,38,40,45)/t31-,32-/m0/s1. The van der Waals surface area contributed by atoms with Crippen LogP contribution in [0.2, 0.25) is 0 Å². The van der Waals surface area contributed by atoms with Gasteiger partial charge in [-0.15, -0.1) is 0 Å². The lowest BCUT2D eigenvalue weighted by molar-refractivity contribution is -0.120. The van der Waals surface area contributed by atoms with Crippen LogP contribution in [0.4, 0.5) is 16.2 Å². The largest absolute Gasteiger partial charge is 0.497 e. The van der Waals surface area contributed by atoms with Crippen LogP contribution in [0, 0.1) is 13.8 Å². The normalized spacial score (nSPS) is 12.3. The van der Waals surface area contributed by atoms with E-state index in [2.05, 4.69) is 10.0 Å². The van der Waals surface area contributed by atoms with E-state index in [1.165, 1.54) is 16.9 Å². The lowest BCUT2D eigenvalue weighted by atomic mass is 10.0. The van der Waals surface area contributed by atoms with Crippen molar-refractivity contribution in [3.63, 3.8) is 0 Å². The highest BCUT2D eigenvalue weighted by atomic mass is 32.2. The fourth-order valence-corrected chi connectivity index (χ4v) is 6.40. The van der Waals surface area contributed by atoms with Gasteiger partial charge in [0.2, 0.25) is 11.8 Å². The summed E-state index contributed by atoms with van der Waals surface area (Å²) in [5, 5.41) is 2.53. The fraction of sp³-hybridized carbons (Fsp3) is 0.270. The molecule has 0 heterocycles. The quantitative estimate of drug-likeness (QED) is 0.178. The van der Waals surface area contributed by atoms with Crippen LogP contribution in [-0.2, 0) is 32.6 Å². The van der Waals surface area contributed by atoms with Crippen LogP contribution in [0.25, 0.3) is 0 Å². The van der Waals surface area contributed by atoms with Crippen LogP contribution in [0.3, 0.4) is 0 Å². The summed E-state index contributed by atoms with van der Waals surface area (Å²) < 4.78 is 41.8. The highest BCUT2D eigenvalue weighted by Gasteiger charge is 2.31. The summed E-state index contributed by atoms with van der Waals surface area (Å²) in [4.78, 5) is 43.7. The molecule has 4 rings (SSSR count). The number of nitrogens with zero attached hydrogens (tertiary/aromatic N) is 2. The monoisotopic (exact) mass is 701 g/mol. The Kier molecular flexibility index (Phi) is 12.6. The molecule has 0 aromatic heterocycles. The summed E-state index contributed by atoms with van der Waals surface area (Å²) in [6, 6.07) is 24.7. The van der Waals surface area contributed by atoms with Crippen LogP contribution in [0.1, 0.15) is 22.3 Å². The summed E-state index contributed by atoms with van der Waals surface area (Å²) >= 11 is 0. The first-order valence-corrected chi connectivity index (χ1v) is 17.3. The maximum atomic E-state index is 13.9. The number of carbonyl (C=O) groups excluding carboxylic acids is 3. The van der Waals surface area contributed by atoms with Crippen LogP contribution >= 0.6 is 0 Å². The van der Waals surface area contributed by atoms with E-state index < -0.39 is 40.1 Å². The average Bonchev–Trinajstić information content (AvgIpc) is 3.11. The molecule has 13 heteroatoms. The first-order chi connectivity index (χ1) is 23.8. The number of rotatable bonds is 14. The Bertz CT molecular complexity index is 1890. The number of urea groups is 1. The molecule has 0 radical (unpaired) electrons. The SMILES string of the molecule is COc1ccc(N(C)C(=O)[C@H](Cc2ccccc2)NC(=O)NS(=O)(=O)N[C@@H](Cc2ccccc2)C(=O)N(C)c2cc(C)c(OC)cc2C)cc1. The summed E-state index contributed by atoms with van der Waals surface area (Å²) in [5.74, 6) is 0.229. The number of carbonyl (C=O) groups is 3. The number of ether oxygens (including phenoxy) is 2. The molecule has 0 unspecified atom stereocenters. The molecule has 264 valence electrons. The molecule has 0 spiro atoms. The van der Waals surface area contributed by atoms with Gasteiger partial charge in [-0.05, 0) is 78.9 Å². The molecule has 0 aliphatic rings. The number of hydrogen-bond acceptors (Lipinski definition) is 7. The van der Waals surface area contributed by atoms with E-state index in [1.54, 1.807) is 106 Å². The van der Waals surface area contributed by atoms with Crippen molar-refractivity contribution in [3.8, 4) is 11.5 Å². The lowest BCUT2D eigenvalue weighted by Crippen LogP contribution is -2.57. The molecule has 0 aliphatic carbocycles. The number of anilines is 2. The number of nitrogens with one attached hydrogen (secondary N) is 3. The van der Waals surface area contributed by atoms with Gasteiger partial charge >= 0.3 is 16.2 Å². The van der Waals surface area contributed by atoms with Gasteiger partial charge in [0.15, 0.2) is 0 Å². The molecular formula is C37H43N5O7S. The van der Waals surface area contributed by atoms with Crippen molar-refractivity contribution in [3.05, 3.63) is 119 Å². The third-order valence-electron chi connectivity index (χ3n) is 8.19. The van der Waals surface area contributed by atoms with Crippen LogP contribution in [0.15, 0.2) is 97.1 Å². The number of aryl methyl sites for hydroxylation is 2. The van der Waals surface area contributed by atoms with Crippen molar-refractivity contribution in [2.24, 2.45) is 0 Å². The fourth-order valence-electron chi connectivity index (χ4n) is 5.48. The molecule has 50 heavy (non-hydrogen) atoms. The van der Waals surface area contributed by atoms with E-state index in [9.17, 15) is 22.8 Å². The van der Waals surface area contributed by atoms with Gasteiger partial charge in [-0.1, -0.05) is 60.7 Å². The zero-order chi connectivity index (χ0) is 36.4. The molecule has 0 saturated heterocycles. The second-order valence-corrected chi connectivity index (χ2v) is 13.2. The van der Waals surface area contributed by atoms with Crippen LogP contribution < -0.4 is 34.0 Å². The topological polar surface area (TPSA) is 146 Å². The Morgan fingerprint density at radius 3 is 1.78 bits per heavy atom. The minimum atomic E-state index is -4.63. The number of likely N-dealkylation sites (N-methyl/N-ethyl adjacent to an activating group) is 2. The molecular weight excluding hydrogens is 659 g/mol. The summed E-state index contributed by atoms with van der Waals surface area (Å²) in [6.45, 7) is 3.67. The zero-order valence-electron chi connectivity index (χ0n) is 29.0. The minimum absolute atomic E-state index is 0.00248. The van der Waals surface area contributed by atoms with Crippen molar-refractivity contribution in [1.82, 2.24) is 14.8 Å². The van der Waals surface area contributed by atoms with Crippen molar-refractivity contribution >= 4 is 39.4 Å². The van der Waals surface area contributed by atoms with E-state index in [0.717, 1.165) is 16.7 Å². The van der Waals surface area contributed by atoms with Gasteiger partial charge in [0.1, 0.15) is 23.6 Å². The molecule has 12 nitrogen and oxygen atoms in total. The smallest absolute Gasteiger partial charge is 0.330 e. The van der Waals surface area contributed by atoms with Gasteiger partial charge in [0.25, 0.3) is 0 Å². The predicted molar refractivity (Wildman–Crippen MR) is 194 cm³/mol. The van der Waals surface area contributed by atoms with Gasteiger partial charge in [-0.25, -0.2) is 9.52 Å². The van der Waals surface area contributed by atoms with E-state index in [1.807, 2.05) is 30.7 Å². The molecule has 3 N–H and O–H groups in total. The molecule has 4 aromatic carbocycles. The van der Waals surface area contributed by atoms with Gasteiger partial charge in [-0.3, -0.25) is 9.59 Å². The molecule has 0 saturated carbocycles. The molecule has 4 amide bonds. The van der Waals surface area contributed by atoms with Gasteiger partial charge in [-0.2, -0.15) is 13.1 Å². The molecule has 2 atom stereocenters. The Labute approximate surface area is 293 Å². The summed E-state index contributed by atoms with van der Waals surface area (Å²) in [6.07, 6.45) is 0.0874. The van der Waals surface area contributed by atoms with Gasteiger partial charge in [0.05, 0.1) is 14.2 Å². The van der Waals surface area contributed by atoms with E-state index >= 15 is 0 Å². The molecule has 4 aromatic rings. The summed E-state index contributed by atoms with van der Waals surface area (Å²) in [7, 11) is 1.58. The number of methoxy groups -OCH3 is 2. The van der Waals surface area contributed by atoms with E-state index in [4.69, 9.17) is 9.47 Å². The van der Waals surface area contributed by atoms with Crippen molar-refractivity contribution in [2.45, 2.75) is 38.8 Å².